The number of hydrogen-bond acceptors (Lipinski definition) is 4. The number of rotatable bonds is 6. The zero-order valence-corrected chi connectivity index (χ0v) is 12.2. The quantitative estimate of drug-likeness (QED) is 0.840. The fourth-order valence-corrected chi connectivity index (χ4v) is 3.47. The van der Waals surface area contributed by atoms with Crippen molar-refractivity contribution in [2.24, 2.45) is 11.3 Å². The van der Waals surface area contributed by atoms with E-state index in [4.69, 9.17) is 0 Å². The number of hydrogen-bond donors (Lipinski definition) is 2. The minimum absolute atomic E-state index is 0.536. The largest absolute Gasteiger partial charge is 0.481 e. The van der Waals surface area contributed by atoms with Gasteiger partial charge in [-0.2, -0.15) is 0 Å². The van der Waals surface area contributed by atoms with Gasteiger partial charge in [0.25, 0.3) is 0 Å². The van der Waals surface area contributed by atoms with E-state index >= 15 is 0 Å². The third kappa shape index (κ3) is 2.36. The predicted molar refractivity (Wildman–Crippen MR) is 75.7 cm³/mol. The maximum atomic E-state index is 11.2. The molecule has 0 aliphatic heterocycles. The maximum Gasteiger partial charge on any atom is 0.315 e. The summed E-state index contributed by atoms with van der Waals surface area (Å²) in [7, 11) is 0. The molecule has 0 bridgehead atoms. The Kier molecular flexibility index (Phi) is 2.85. The fraction of sp³-hybridized carbons (Fsp3) is 0.714. The van der Waals surface area contributed by atoms with E-state index in [1.165, 1.54) is 37.0 Å². The molecule has 0 unspecified atom stereocenters. The zero-order chi connectivity index (χ0) is 13.7. The van der Waals surface area contributed by atoms with E-state index in [9.17, 15) is 9.90 Å². The highest BCUT2D eigenvalue weighted by molar-refractivity contribution is 7.13. The van der Waals surface area contributed by atoms with Gasteiger partial charge in [0, 0.05) is 11.9 Å². The fourth-order valence-electron chi connectivity index (χ4n) is 2.59. The topological polar surface area (TPSA) is 62.2 Å². The van der Waals surface area contributed by atoms with Crippen molar-refractivity contribution in [3.05, 3.63) is 11.1 Å². The standard InChI is InChI=1S/C14H20N2O2S/c1-13(2,11(17)18)10-7-19-12(16-10)15-8-14(5-6-14)9-3-4-9/h7,9H,3-6,8H2,1-2H3,(H,15,16)(H,17,18). The summed E-state index contributed by atoms with van der Waals surface area (Å²) in [5, 5.41) is 15.3. The molecule has 1 aromatic rings. The first kappa shape index (κ1) is 12.9. The lowest BCUT2D eigenvalue weighted by Gasteiger charge is -2.16. The zero-order valence-electron chi connectivity index (χ0n) is 11.4. The average Bonchev–Trinajstić information content (AvgIpc) is 3.25. The second-order valence-electron chi connectivity index (χ2n) is 6.46. The summed E-state index contributed by atoms with van der Waals surface area (Å²) in [6.45, 7) is 4.39. The SMILES string of the molecule is CC(C)(C(=O)O)c1csc(NCC2(C3CC3)CC2)n1. The molecule has 19 heavy (non-hydrogen) atoms. The Labute approximate surface area is 117 Å². The average molecular weight is 280 g/mol. The molecule has 1 aromatic heterocycles. The molecule has 0 atom stereocenters. The summed E-state index contributed by atoms with van der Waals surface area (Å²) in [6.07, 6.45) is 5.45. The van der Waals surface area contributed by atoms with Gasteiger partial charge in [0.1, 0.15) is 5.41 Å². The molecule has 4 nitrogen and oxygen atoms in total. The normalized spacial score (nSPS) is 21.2. The number of carboxylic acid groups (broad SMARTS) is 1. The summed E-state index contributed by atoms with van der Waals surface area (Å²) in [4.78, 5) is 15.6. The minimum atomic E-state index is -0.913. The Morgan fingerprint density at radius 2 is 2.26 bits per heavy atom. The Bertz CT molecular complexity index is 501. The molecule has 2 aliphatic carbocycles. The van der Waals surface area contributed by atoms with E-state index in [0.29, 0.717) is 11.1 Å². The number of nitrogens with zero attached hydrogens (tertiary/aromatic N) is 1. The van der Waals surface area contributed by atoms with E-state index < -0.39 is 11.4 Å². The Morgan fingerprint density at radius 1 is 1.58 bits per heavy atom. The minimum Gasteiger partial charge on any atom is -0.481 e. The van der Waals surface area contributed by atoms with Gasteiger partial charge in [-0.1, -0.05) is 0 Å². The number of thiazole rings is 1. The van der Waals surface area contributed by atoms with Crippen molar-refractivity contribution in [3.8, 4) is 0 Å². The smallest absolute Gasteiger partial charge is 0.315 e. The van der Waals surface area contributed by atoms with E-state index in [0.717, 1.165) is 17.6 Å². The first-order chi connectivity index (χ1) is 8.94. The number of carbonyl (C=O) groups is 1. The molecule has 5 heteroatoms. The molecule has 2 saturated carbocycles. The van der Waals surface area contributed by atoms with Gasteiger partial charge in [0.15, 0.2) is 5.13 Å². The van der Waals surface area contributed by atoms with Crippen LogP contribution in [-0.2, 0) is 10.2 Å². The Hall–Kier alpha value is -1.10. The van der Waals surface area contributed by atoms with Crippen LogP contribution in [0.2, 0.25) is 0 Å². The van der Waals surface area contributed by atoms with Crippen LogP contribution in [-0.4, -0.2) is 22.6 Å². The highest BCUT2D eigenvalue weighted by atomic mass is 32.1. The van der Waals surface area contributed by atoms with Crippen molar-refractivity contribution >= 4 is 22.4 Å². The van der Waals surface area contributed by atoms with Crippen LogP contribution in [0.15, 0.2) is 5.38 Å². The van der Waals surface area contributed by atoms with Crippen LogP contribution < -0.4 is 5.32 Å². The van der Waals surface area contributed by atoms with Crippen molar-refractivity contribution in [2.75, 3.05) is 11.9 Å². The molecule has 0 aromatic carbocycles. The van der Waals surface area contributed by atoms with Crippen molar-refractivity contribution in [3.63, 3.8) is 0 Å². The molecule has 0 radical (unpaired) electrons. The van der Waals surface area contributed by atoms with E-state index in [1.807, 2.05) is 5.38 Å². The lowest BCUT2D eigenvalue weighted by Crippen LogP contribution is -2.28. The van der Waals surface area contributed by atoms with Gasteiger partial charge in [-0.15, -0.1) is 11.3 Å². The maximum absolute atomic E-state index is 11.2. The van der Waals surface area contributed by atoms with E-state index in [2.05, 4.69) is 10.3 Å². The number of aliphatic carboxylic acids is 1. The molecule has 0 amide bonds. The lowest BCUT2D eigenvalue weighted by molar-refractivity contribution is -0.142. The van der Waals surface area contributed by atoms with Gasteiger partial charge < -0.3 is 10.4 Å². The summed E-state index contributed by atoms with van der Waals surface area (Å²) >= 11 is 1.51. The van der Waals surface area contributed by atoms with Crippen LogP contribution in [0.3, 0.4) is 0 Å². The molecule has 2 N–H and O–H groups in total. The van der Waals surface area contributed by atoms with Gasteiger partial charge in [-0.3, -0.25) is 4.79 Å². The first-order valence-corrected chi connectivity index (χ1v) is 7.75. The second-order valence-corrected chi connectivity index (χ2v) is 7.32. The number of carboxylic acids is 1. The summed E-state index contributed by atoms with van der Waals surface area (Å²) in [5.41, 5.74) is 0.266. The van der Waals surface area contributed by atoms with Crippen LogP contribution in [0.4, 0.5) is 5.13 Å². The first-order valence-electron chi connectivity index (χ1n) is 6.87. The monoisotopic (exact) mass is 280 g/mol. The summed E-state index contributed by atoms with van der Waals surface area (Å²) in [6, 6.07) is 0. The third-order valence-corrected chi connectivity index (χ3v) is 5.41. The molecule has 1 heterocycles. The van der Waals surface area contributed by atoms with Gasteiger partial charge in [0.2, 0.25) is 0 Å². The second kappa shape index (κ2) is 4.20. The van der Waals surface area contributed by atoms with Gasteiger partial charge in [-0.25, -0.2) is 4.98 Å². The van der Waals surface area contributed by atoms with Crippen molar-refractivity contribution < 1.29 is 9.90 Å². The Morgan fingerprint density at radius 3 is 2.79 bits per heavy atom. The van der Waals surface area contributed by atoms with Gasteiger partial charge in [-0.05, 0) is 50.9 Å². The highest BCUT2D eigenvalue weighted by Gasteiger charge is 2.53. The van der Waals surface area contributed by atoms with Crippen molar-refractivity contribution in [1.82, 2.24) is 4.98 Å². The van der Waals surface area contributed by atoms with Crippen LogP contribution >= 0.6 is 11.3 Å². The van der Waals surface area contributed by atoms with Crippen molar-refractivity contribution in [2.45, 2.75) is 44.9 Å². The highest BCUT2D eigenvalue weighted by Crippen LogP contribution is 2.61. The molecule has 2 fully saturated rings. The van der Waals surface area contributed by atoms with Crippen LogP contribution in [0.5, 0.6) is 0 Å². The molecule has 0 spiro atoms. The van der Waals surface area contributed by atoms with E-state index in [-0.39, 0.29) is 0 Å². The van der Waals surface area contributed by atoms with Gasteiger partial charge >= 0.3 is 5.97 Å². The molecular weight excluding hydrogens is 260 g/mol. The van der Waals surface area contributed by atoms with Crippen molar-refractivity contribution in [1.29, 1.82) is 0 Å². The molecule has 2 aliphatic rings. The van der Waals surface area contributed by atoms with Gasteiger partial charge in [0.05, 0.1) is 5.69 Å². The molecule has 3 rings (SSSR count). The lowest BCUT2D eigenvalue weighted by atomic mass is 9.90. The van der Waals surface area contributed by atoms with Crippen LogP contribution in [0.1, 0.15) is 45.2 Å². The third-order valence-electron chi connectivity index (χ3n) is 4.61. The molecular formula is C14H20N2O2S. The van der Waals surface area contributed by atoms with E-state index in [1.54, 1.807) is 13.8 Å². The predicted octanol–water partition coefficient (Wildman–Crippen LogP) is 3.11. The summed E-state index contributed by atoms with van der Waals surface area (Å²) < 4.78 is 0. The van der Waals surface area contributed by atoms with Crippen LogP contribution in [0, 0.1) is 11.3 Å². The Balaban J connectivity index is 1.63. The number of aromatic nitrogens is 1. The molecule has 0 saturated heterocycles. The van der Waals surface area contributed by atoms with Crippen LogP contribution in [0.25, 0.3) is 0 Å². The summed E-state index contributed by atoms with van der Waals surface area (Å²) in [5.74, 6) is 0.0934. The number of anilines is 1. The molecule has 104 valence electrons. The number of nitrogens with one attached hydrogen (secondary N) is 1.